The summed E-state index contributed by atoms with van der Waals surface area (Å²) in [5.74, 6) is 1.40. The van der Waals surface area contributed by atoms with Crippen LogP contribution in [0.15, 0.2) is 42.5 Å². The van der Waals surface area contributed by atoms with Gasteiger partial charge in [0.1, 0.15) is 11.9 Å². The maximum Gasteiger partial charge on any atom is 0.494 e. The van der Waals surface area contributed by atoms with E-state index in [9.17, 15) is 0 Å². The van der Waals surface area contributed by atoms with E-state index in [2.05, 4.69) is 77.2 Å². The Morgan fingerprint density at radius 3 is 2.21 bits per heavy atom. The van der Waals surface area contributed by atoms with E-state index in [1.807, 2.05) is 12.1 Å². The van der Waals surface area contributed by atoms with E-state index < -0.39 is 0 Å². The van der Waals surface area contributed by atoms with Crippen molar-refractivity contribution in [1.82, 2.24) is 0 Å². The molecule has 1 atom stereocenters. The van der Waals surface area contributed by atoms with Crippen molar-refractivity contribution in [3.63, 3.8) is 0 Å². The van der Waals surface area contributed by atoms with Crippen molar-refractivity contribution in [2.75, 3.05) is 11.9 Å². The number of ether oxygens (including phenoxy) is 1. The Kier molecular flexibility index (Phi) is 4.71. The zero-order valence-corrected chi connectivity index (χ0v) is 17.7. The van der Waals surface area contributed by atoms with Crippen LogP contribution in [-0.2, 0) is 9.31 Å². The van der Waals surface area contributed by atoms with Gasteiger partial charge in [-0.15, -0.1) is 0 Å². The minimum atomic E-state index is -0.363. The minimum absolute atomic E-state index is 0.0106. The highest BCUT2D eigenvalue weighted by molar-refractivity contribution is 6.62. The zero-order chi connectivity index (χ0) is 20.1. The fraction of sp³-hybridized carbons (Fsp3) is 0.478. The van der Waals surface area contributed by atoms with Gasteiger partial charge in [0.15, 0.2) is 0 Å². The molecule has 1 fully saturated rings. The second kappa shape index (κ2) is 6.82. The lowest BCUT2D eigenvalue weighted by Gasteiger charge is -2.32. The average Bonchev–Trinajstić information content (AvgIpc) is 2.88. The molecule has 0 spiro atoms. The number of benzene rings is 2. The summed E-state index contributed by atoms with van der Waals surface area (Å²) in [7, 11) is -0.363. The molecule has 2 aromatic rings. The third kappa shape index (κ3) is 3.42. The van der Waals surface area contributed by atoms with Crippen LogP contribution >= 0.6 is 0 Å². The van der Waals surface area contributed by atoms with Gasteiger partial charge in [0, 0.05) is 0 Å². The van der Waals surface area contributed by atoms with Gasteiger partial charge in [0.2, 0.25) is 0 Å². The molecular formula is C23H30BNO3. The predicted molar refractivity (Wildman–Crippen MR) is 115 cm³/mol. The molecule has 0 amide bonds. The molecule has 4 nitrogen and oxygen atoms in total. The lowest BCUT2D eigenvalue weighted by Crippen LogP contribution is -2.41. The number of anilines is 1. The number of fused-ring (bicyclic) bond motifs is 1. The van der Waals surface area contributed by atoms with Gasteiger partial charge < -0.3 is 19.4 Å². The topological polar surface area (TPSA) is 39.7 Å². The van der Waals surface area contributed by atoms with Crippen LogP contribution < -0.4 is 15.5 Å². The van der Waals surface area contributed by atoms with Crippen LogP contribution in [0.2, 0.25) is 0 Å². The second-order valence-corrected chi connectivity index (χ2v) is 9.15. The van der Waals surface area contributed by atoms with Gasteiger partial charge in [-0.2, -0.15) is 0 Å². The van der Waals surface area contributed by atoms with E-state index in [0.29, 0.717) is 5.92 Å². The maximum atomic E-state index is 6.27. The van der Waals surface area contributed by atoms with Crippen molar-refractivity contribution in [1.29, 1.82) is 0 Å². The van der Waals surface area contributed by atoms with Crippen LogP contribution in [0.4, 0.5) is 5.69 Å². The summed E-state index contributed by atoms with van der Waals surface area (Å²) < 4.78 is 18.6. The van der Waals surface area contributed by atoms with Crippen molar-refractivity contribution >= 4 is 18.3 Å². The summed E-state index contributed by atoms with van der Waals surface area (Å²) in [6.07, 6.45) is 0.0106. The molecule has 1 N–H and O–H groups in total. The van der Waals surface area contributed by atoms with Crippen LogP contribution in [0.1, 0.15) is 64.7 Å². The predicted octanol–water partition coefficient (Wildman–Crippen LogP) is 4.65. The van der Waals surface area contributed by atoms with Gasteiger partial charge in [0.25, 0.3) is 0 Å². The summed E-state index contributed by atoms with van der Waals surface area (Å²) in [5, 5.41) is 3.52. The Bertz CT molecular complexity index is 845. The highest BCUT2D eigenvalue weighted by Crippen LogP contribution is 2.38. The molecule has 2 aromatic carbocycles. The van der Waals surface area contributed by atoms with Gasteiger partial charge in [-0.1, -0.05) is 44.2 Å². The first-order valence-corrected chi connectivity index (χ1v) is 10.2. The largest absolute Gasteiger partial charge is 0.494 e. The Hall–Kier alpha value is -1.98. The molecule has 0 aromatic heterocycles. The molecular weight excluding hydrogens is 349 g/mol. The fourth-order valence-electron chi connectivity index (χ4n) is 3.59. The van der Waals surface area contributed by atoms with Crippen molar-refractivity contribution in [3.05, 3.63) is 53.6 Å². The maximum absolute atomic E-state index is 6.27. The normalized spacial score (nSPS) is 22.5. The van der Waals surface area contributed by atoms with E-state index in [1.54, 1.807) is 0 Å². The Balaban J connectivity index is 1.51. The summed E-state index contributed by atoms with van der Waals surface area (Å²) in [6.45, 7) is 13.4. The molecule has 28 heavy (non-hydrogen) atoms. The summed E-state index contributed by atoms with van der Waals surface area (Å²) in [5.41, 5.74) is 3.85. The molecule has 4 rings (SSSR count). The van der Waals surface area contributed by atoms with E-state index >= 15 is 0 Å². The summed E-state index contributed by atoms with van der Waals surface area (Å²) in [4.78, 5) is 0. The summed E-state index contributed by atoms with van der Waals surface area (Å²) in [6, 6.07) is 14.9. The number of rotatable bonds is 3. The molecule has 148 valence electrons. The average molecular weight is 379 g/mol. The van der Waals surface area contributed by atoms with Gasteiger partial charge in [-0.05, 0) is 62.3 Å². The van der Waals surface area contributed by atoms with Crippen molar-refractivity contribution in [3.8, 4) is 5.75 Å². The zero-order valence-electron chi connectivity index (χ0n) is 17.7. The first-order valence-electron chi connectivity index (χ1n) is 10.2. The van der Waals surface area contributed by atoms with E-state index in [-0.39, 0.29) is 24.4 Å². The van der Waals surface area contributed by atoms with Gasteiger partial charge >= 0.3 is 7.12 Å². The van der Waals surface area contributed by atoms with Crippen LogP contribution in [0, 0.1) is 0 Å². The van der Waals surface area contributed by atoms with Gasteiger partial charge in [-0.3, -0.25) is 0 Å². The van der Waals surface area contributed by atoms with Crippen molar-refractivity contribution < 1.29 is 14.0 Å². The van der Waals surface area contributed by atoms with Gasteiger partial charge in [0.05, 0.1) is 23.4 Å². The third-order valence-corrected chi connectivity index (χ3v) is 6.25. The molecule has 5 heteroatoms. The molecule has 2 aliphatic rings. The number of nitrogens with one attached hydrogen (secondary N) is 1. The first-order chi connectivity index (χ1) is 13.2. The van der Waals surface area contributed by atoms with Gasteiger partial charge in [-0.25, -0.2) is 0 Å². The molecule has 1 unspecified atom stereocenters. The molecule has 0 bridgehead atoms. The first kappa shape index (κ1) is 19.3. The second-order valence-electron chi connectivity index (χ2n) is 9.15. The fourth-order valence-corrected chi connectivity index (χ4v) is 3.59. The molecule has 2 heterocycles. The Labute approximate surface area is 168 Å². The van der Waals surface area contributed by atoms with Crippen molar-refractivity contribution in [2.45, 2.75) is 64.8 Å². The summed E-state index contributed by atoms with van der Waals surface area (Å²) >= 11 is 0. The highest BCUT2D eigenvalue weighted by Gasteiger charge is 2.51. The molecule has 0 aliphatic carbocycles. The number of hydrogen-bond donors (Lipinski definition) is 1. The Morgan fingerprint density at radius 1 is 0.964 bits per heavy atom. The third-order valence-electron chi connectivity index (χ3n) is 6.25. The number of hydrogen-bond acceptors (Lipinski definition) is 4. The monoisotopic (exact) mass is 379 g/mol. The molecule has 1 saturated heterocycles. The SMILES string of the molecule is CC(C)c1ccc(C2CNc3cc(B4OC(C)(C)C(C)(C)O4)ccc3O2)cc1. The smallest absolute Gasteiger partial charge is 0.482 e. The van der Waals surface area contributed by atoms with E-state index in [0.717, 1.165) is 23.4 Å². The van der Waals surface area contributed by atoms with E-state index in [4.69, 9.17) is 14.0 Å². The Morgan fingerprint density at radius 2 is 1.61 bits per heavy atom. The van der Waals surface area contributed by atoms with Crippen LogP contribution in [0.3, 0.4) is 0 Å². The van der Waals surface area contributed by atoms with Crippen LogP contribution in [-0.4, -0.2) is 24.9 Å². The lowest BCUT2D eigenvalue weighted by molar-refractivity contribution is 0.00578. The highest BCUT2D eigenvalue weighted by atomic mass is 16.7. The standard InChI is InChI=1S/C23H30BNO3/c1-15(2)16-7-9-17(10-8-16)21-14-25-19-13-18(11-12-20(19)26-21)24-27-22(3,4)23(5,6)28-24/h7-13,15,21,25H,14H2,1-6H3. The minimum Gasteiger partial charge on any atom is -0.482 e. The van der Waals surface area contributed by atoms with Crippen LogP contribution in [0.5, 0.6) is 5.75 Å². The molecule has 0 radical (unpaired) electrons. The van der Waals surface area contributed by atoms with Crippen LogP contribution in [0.25, 0.3) is 0 Å². The molecule has 0 saturated carbocycles. The van der Waals surface area contributed by atoms with E-state index in [1.165, 1.54) is 11.1 Å². The molecule has 2 aliphatic heterocycles. The lowest BCUT2D eigenvalue weighted by atomic mass is 9.78. The van der Waals surface area contributed by atoms with Crippen molar-refractivity contribution in [2.24, 2.45) is 0 Å². The quantitative estimate of drug-likeness (QED) is 0.788.